The first-order valence-corrected chi connectivity index (χ1v) is 9.49. The Morgan fingerprint density at radius 1 is 1.10 bits per heavy atom. The molecule has 2 aromatic carbocycles. The standard InChI is InChI=1S/C22H14ClN3O5/c23-14-7-5-13(6-8-14)19-10-17(16-3-1-2-4-18(16)25-19)22(28)31-12-21(27)20-9-15(11-24-20)26(29)30/h1-11,24H,12H2. The van der Waals surface area contributed by atoms with E-state index in [1.54, 1.807) is 54.6 Å². The summed E-state index contributed by atoms with van der Waals surface area (Å²) in [7, 11) is 0. The molecule has 0 aliphatic carbocycles. The van der Waals surface area contributed by atoms with Crippen LogP contribution in [0.4, 0.5) is 5.69 Å². The number of rotatable bonds is 6. The fourth-order valence-corrected chi connectivity index (χ4v) is 3.17. The number of H-pyrrole nitrogens is 1. The molecule has 8 nitrogen and oxygen atoms in total. The Balaban J connectivity index is 1.61. The van der Waals surface area contributed by atoms with Crippen LogP contribution in [0, 0.1) is 10.1 Å². The van der Waals surface area contributed by atoms with Crippen molar-refractivity contribution in [1.82, 2.24) is 9.97 Å². The molecule has 0 fully saturated rings. The zero-order valence-electron chi connectivity index (χ0n) is 15.9. The van der Waals surface area contributed by atoms with E-state index < -0.39 is 23.3 Å². The Kier molecular flexibility index (Phi) is 5.46. The van der Waals surface area contributed by atoms with Crippen molar-refractivity contribution in [1.29, 1.82) is 0 Å². The summed E-state index contributed by atoms with van der Waals surface area (Å²) in [6.45, 7) is -0.566. The lowest BCUT2D eigenvalue weighted by atomic mass is 10.0. The van der Waals surface area contributed by atoms with Gasteiger partial charge in [0, 0.05) is 22.0 Å². The van der Waals surface area contributed by atoms with Gasteiger partial charge in [0.25, 0.3) is 5.69 Å². The van der Waals surface area contributed by atoms with Crippen molar-refractivity contribution in [2.24, 2.45) is 0 Å². The molecule has 0 bridgehead atoms. The number of aromatic nitrogens is 2. The SMILES string of the molecule is O=C(COC(=O)c1cc(-c2ccc(Cl)cc2)nc2ccccc12)c1cc([N+](=O)[O-])c[nH]1. The lowest BCUT2D eigenvalue weighted by Crippen LogP contribution is -2.15. The molecule has 1 N–H and O–H groups in total. The van der Waals surface area contributed by atoms with Gasteiger partial charge in [0.15, 0.2) is 6.61 Å². The van der Waals surface area contributed by atoms with E-state index >= 15 is 0 Å². The van der Waals surface area contributed by atoms with E-state index in [1.165, 1.54) is 0 Å². The quantitative estimate of drug-likeness (QED) is 0.201. The Labute approximate surface area is 180 Å². The van der Waals surface area contributed by atoms with Crippen LogP contribution in [0.2, 0.25) is 5.02 Å². The lowest BCUT2D eigenvalue weighted by Gasteiger charge is -2.10. The maximum absolute atomic E-state index is 12.8. The average Bonchev–Trinajstić information content (AvgIpc) is 3.28. The summed E-state index contributed by atoms with van der Waals surface area (Å²) < 4.78 is 5.20. The second-order valence-electron chi connectivity index (χ2n) is 6.61. The zero-order chi connectivity index (χ0) is 22.0. The molecule has 2 heterocycles. The normalized spacial score (nSPS) is 10.7. The number of fused-ring (bicyclic) bond motifs is 1. The van der Waals surface area contributed by atoms with Crippen LogP contribution in [0.3, 0.4) is 0 Å². The van der Waals surface area contributed by atoms with Crippen LogP contribution in [0.5, 0.6) is 0 Å². The largest absolute Gasteiger partial charge is 0.454 e. The number of nitro groups is 1. The molecule has 0 amide bonds. The summed E-state index contributed by atoms with van der Waals surface area (Å²) in [5.74, 6) is -1.29. The van der Waals surface area contributed by atoms with Crippen molar-refractivity contribution < 1.29 is 19.2 Å². The maximum atomic E-state index is 12.8. The molecule has 154 valence electrons. The number of aromatic amines is 1. The molecule has 4 aromatic rings. The van der Waals surface area contributed by atoms with Crippen LogP contribution in [-0.4, -0.2) is 33.3 Å². The summed E-state index contributed by atoms with van der Waals surface area (Å²) in [6.07, 6.45) is 1.10. The fourth-order valence-electron chi connectivity index (χ4n) is 3.05. The minimum absolute atomic E-state index is 0.0130. The van der Waals surface area contributed by atoms with Gasteiger partial charge in [-0.1, -0.05) is 41.9 Å². The molecule has 0 unspecified atom stereocenters. The van der Waals surface area contributed by atoms with E-state index in [9.17, 15) is 19.7 Å². The molecule has 0 spiro atoms. The third-order valence-corrected chi connectivity index (χ3v) is 4.84. The Hall–Kier alpha value is -4.04. The van der Waals surface area contributed by atoms with Crippen molar-refractivity contribution >= 4 is 39.9 Å². The maximum Gasteiger partial charge on any atom is 0.339 e. The molecule has 31 heavy (non-hydrogen) atoms. The first kappa shape index (κ1) is 20.2. The summed E-state index contributed by atoms with van der Waals surface area (Å²) >= 11 is 5.95. The highest BCUT2D eigenvalue weighted by atomic mass is 35.5. The third-order valence-electron chi connectivity index (χ3n) is 4.59. The minimum atomic E-state index is -0.705. The number of pyridine rings is 1. The third kappa shape index (κ3) is 4.29. The number of carbonyl (C=O) groups excluding carboxylic acids is 2. The Bertz CT molecular complexity index is 1310. The number of para-hydroxylation sites is 1. The molecule has 0 aliphatic rings. The molecule has 0 aliphatic heterocycles. The first-order chi connectivity index (χ1) is 14.9. The van der Waals surface area contributed by atoms with Crippen molar-refractivity contribution in [3.8, 4) is 11.3 Å². The van der Waals surface area contributed by atoms with Gasteiger partial charge in [-0.2, -0.15) is 0 Å². The molecule has 2 aromatic heterocycles. The van der Waals surface area contributed by atoms with Gasteiger partial charge in [0.2, 0.25) is 5.78 Å². The molecule has 0 saturated heterocycles. The van der Waals surface area contributed by atoms with Gasteiger partial charge in [0.05, 0.1) is 33.6 Å². The molecule has 4 rings (SSSR count). The van der Waals surface area contributed by atoms with E-state index in [2.05, 4.69) is 9.97 Å². The van der Waals surface area contributed by atoms with Crippen LogP contribution >= 0.6 is 11.6 Å². The van der Waals surface area contributed by atoms with Gasteiger partial charge in [-0.05, 0) is 24.3 Å². The van der Waals surface area contributed by atoms with Crippen LogP contribution in [0.15, 0.2) is 66.9 Å². The average molecular weight is 436 g/mol. The van der Waals surface area contributed by atoms with Gasteiger partial charge < -0.3 is 9.72 Å². The number of benzene rings is 2. The summed E-state index contributed by atoms with van der Waals surface area (Å²) in [6, 6.07) is 16.8. The Morgan fingerprint density at radius 2 is 1.84 bits per heavy atom. The van der Waals surface area contributed by atoms with E-state index in [0.29, 0.717) is 21.6 Å². The molecule has 0 radical (unpaired) electrons. The first-order valence-electron chi connectivity index (χ1n) is 9.11. The molecule has 0 atom stereocenters. The Morgan fingerprint density at radius 3 is 2.55 bits per heavy atom. The number of hydrogen-bond acceptors (Lipinski definition) is 6. The number of esters is 1. The van der Waals surface area contributed by atoms with Gasteiger partial charge in [-0.15, -0.1) is 0 Å². The topological polar surface area (TPSA) is 115 Å². The molecular weight excluding hydrogens is 422 g/mol. The van der Waals surface area contributed by atoms with Crippen LogP contribution < -0.4 is 0 Å². The number of ketones is 1. The summed E-state index contributed by atoms with van der Waals surface area (Å²) in [5.41, 5.74) is 1.89. The highest BCUT2D eigenvalue weighted by Crippen LogP contribution is 2.26. The van der Waals surface area contributed by atoms with Crippen LogP contribution in [0.25, 0.3) is 22.2 Å². The second-order valence-corrected chi connectivity index (χ2v) is 7.04. The molecule has 0 saturated carbocycles. The highest BCUT2D eigenvalue weighted by molar-refractivity contribution is 6.30. The number of nitrogens with one attached hydrogen (secondary N) is 1. The van der Waals surface area contributed by atoms with Gasteiger partial charge >= 0.3 is 5.97 Å². The lowest BCUT2D eigenvalue weighted by molar-refractivity contribution is -0.384. The zero-order valence-corrected chi connectivity index (χ0v) is 16.6. The highest BCUT2D eigenvalue weighted by Gasteiger charge is 2.19. The van der Waals surface area contributed by atoms with Gasteiger partial charge in [0.1, 0.15) is 0 Å². The number of ether oxygens (including phenoxy) is 1. The van der Waals surface area contributed by atoms with Crippen molar-refractivity contribution in [3.63, 3.8) is 0 Å². The van der Waals surface area contributed by atoms with Gasteiger partial charge in [-0.25, -0.2) is 9.78 Å². The number of hydrogen-bond donors (Lipinski definition) is 1. The van der Waals surface area contributed by atoms with E-state index in [1.807, 2.05) is 0 Å². The number of halogens is 1. The van der Waals surface area contributed by atoms with E-state index in [4.69, 9.17) is 16.3 Å². The predicted octanol–water partition coefficient (Wildman–Crippen LogP) is 4.83. The number of Topliss-reactive ketones (excluding diaryl/α,β-unsaturated/α-hetero) is 1. The second kappa shape index (κ2) is 8.37. The number of nitrogens with zero attached hydrogens (tertiary/aromatic N) is 2. The summed E-state index contributed by atoms with van der Waals surface area (Å²) in [5, 5.41) is 11.9. The monoisotopic (exact) mass is 435 g/mol. The van der Waals surface area contributed by atoms with Crippen molar-refractivity contribution in [3.05, 3.63) is 93.3 Å². The minimum Gasteiger partial charge on any atom is -0.454 e. The summed E-state index contributed by atoms with van der Waals surface area (Å²) in [4.78, 5) is 42.3. The predicted molar refractivity (Wildman–Crippen MR) is 114 cm³/mol. The molecular formula is C22H14ClN3O5. The van der Waals surface area contributed by atoms with Crippen LogP contribution in [0.1, 0.15) is 20.8 Å². The molecule has 9 heteroatoms. The van der Waals surface area contributed by atoms with Gasteiger partial charge in [-0.3, -0.25) is 14.9 Å². The van der Waals surface area contributed by atoms with Crippen molar-refractivity contribution in [2.45, 2.75) is 0 Å². The fraction of sp³-hybridized carbons (Fsp3) is 0.0455. The van der Waals surface area contributed by atoms with E-state index in [0.717, 1.165) is 17.8 Å². The van der Waals surface area contributed by atoms with E-state index in [-0.39, 0.29) is 16.9 Å². The number of carbonyl (C=O) groups is 2. The smallest absolute Gasteiger partial charge is 0.339 e. The van der Waals surface area contributed by atoms with Crippen LogP contribution in [-0.2, 0) is 4.74 Å². The van der Waals surface area contributed by atoms with Crippen molar-refractivity contribution in [2.75, 3.05) is 6.61 Å².